The molecule has 0 amide bonds. The average molecular weight is 373 g/mol. The van der Waals surface area contributed by atoms with Crippen LogP contribution in [0.4, 0.5) is 0 Å². The van der Waals surface area contributed by atoms with E-state index in [0.29, 0.717) is 10.9 Å². The second kappa shape index (κ2) is 6.91. The molecule has 1 saturated heterocycles. The van der Waals surface area contributed by atoms with E-state index in [1.807, 2.05) is 0 Å². The molecule has 5 atom stereocenters. The van der Waals surface area contributed by atoms with Crippen LogP contribution in [0.15, 0.2) is 27.4 Å². The molecule has 1 aromatic heterocycles. The van der Waals surface area contributed by atoms with Crippen molar-refractivity contribution in [3.63, 3.8) is 0 Å². The molecule has 0 aliphatic carbocycles. The van der Waals surface area contributed by atoms with Gasteiger partial charge in [0.2, 0.25) is 6.29 Å². The number of hydrogen-bond donors (Lipinski definition) is 4. The second-order valence-corrected chi connectivity index (χ2v) is 6.25. The van der Waals surface area contributed by atoms with Gasteiger partial charge < -0.3 is 34.3 Å². The van der Waals surface area contributed by atoms with Crippen LogP contribution in [0.5, 0.6) is 5.75 Å². The van der Waals surface area contributed by atoms with E-state index < -0.39 is 42.9 Å². The summed E-state index contributed by atoms with van der Waals surface area (Å²) in [4.78, 5) is 11.5. The Morgan fingerprint density at radius 2 is 1.88 bits per heavy atom. The van der Waals surface area contributed by atoms with Crippen LogP contribution in [-0.2, 0) is 4.74 Å². The lowest BCUT2D eigenvalue weighted by Crippen LogP contribution is -2.60. The monoisotopic (exact) mass is 372 g/mol. The standard InChI is InChI=1S/C16H17ClO8/c1-6-2-12(19)23-9-4-10(8(17)3-7(6)9)24-16-15(22)14(21)13(20)11(5-18)25-16/h2-4,11,13-16,18,20-22H,5H2,1H3/t11-,13-,14+,15+,16-/m1/s1. The molecule has 1 fully saturated rings. The molecule has 0 radical (unpaired) electrons. The third-order valence-electron chi connectivity index (χ3n) is 4.10. The Morgan fingerprint density at radius 1 is 1.16 bits per heavy atom. The highest BCUT2D eigenvalue weighted by molar-refractivity contribution is 6.32. The topological polar surface area (TPSA) is 130 Å². The summed E-state index contributed by atoms with van der Waals surface area (Å²) in [5.74, 6) is 0.0484. The fourth-order valence-corrected chi connectivity index (χ4v) is 2.91. The number of aliphatic hydroxyl groups excluding tert-OH is 4. The number of ether oxygens (including phenoxy) is 2. The van der Waals surface area contributed by atoms with E-state index in [-0.39, 0.29) is 16.4 Å². The summed E-state index contributed by atoms with van der Waals surface area (Å²) in [5.41, 5.74) is 0.368. The SMILES string of the molecule is Cc1cc(=O)oc2cc(O[C@@H]3O[C@H](CO)[C@@H](O)[C@H](O)[C@@H]3O)c(Cl)cc12. The molecule has 2 aromatic rings. The van der Waals surface area contributed by atoms with Gasteiger partial charge in [-0.3, -0.25) is 0 Å². The Labute approximate surface area is 146 Å². The van der Waals surface area contributed by atoms with Gasteiger partial charge >= 0.3 is 5.63 Å². The summed E-state index contributed by atoms with van der Waals surface area (Å²) >= 11 is 6.17. The zero-order chi connectivity index (χ0) is 18.3. The number of rotatable bonds is 3. The minimum Gasteiger partial charge on any atom is -0.460 e. The highest BCUT2D eigenvalue weighted by Crippen LogP contribution is 2.33. The van der Waals surface area contributed by atoms with Crippen molar-refractivity contribution in [2.45, 2.75) is 37.6 Å². The molecule has 2 heterocycles. The van der Waals surface area contributed by atoms with Crippen molar-refractivity contribution in [1.29, 1.82) is 0 Å². The summed E-state index contributed by atoms with van der Waals surface area (Å²) in [6, 6.07) is 4.23. The molecule has 1 aromatic carbocycles. The molecule has 8 nitrogen and oxygen atoms in total. The molecular formula is C16H17ClO8. The number of fused-ring (bicyclic) bond motifs is 1. The number of benzene rings is 1. The van der Waals surface area contributed by atoms with Gasteiger partial charge in [0.15, 0.2) is 0 Å². The first-order chi connectivity index (χ1) is 11.8. The molecule has 0 unspecified atom stereocenters. The largest absolute Gasteiger partial charge is 0.460 e. The Balaban J connectivity index is 1.94. The molecule has 1 aliphatic heterocycles. The first-order valence-electron chi connectivity index (χ1n) is 7.53. The van der Waals surface area contributed by atoms with Crippen LogP contribution in [0.2, 0.25) is 5.02 Å². The Bertz CT molecular complexity index is 833. The Morgan fingerprint density at radius 3 is 2.56 bits per heavy atom. The van der Waals surface area contributed by atoms with Crippen molar-refractivity contribution >= 4 is 22.6 Å². The van der Waals surface area contributed by atoms with Gasteiger partial charge in [0, 0.05) is 17.5 Å². The molecule has 3 rings (SSSR count). The molecule has 136 valence electrons. The van der Waals surface area contributed by atoms with Crippen LogP contribution in [0.3, 0.4) is 0 Å². The summed E-state index contributed by atoms with van der Waals surface area (Å²) in [5, 5.41) is 39.6. The smallest absolute Gasteiger partial charge is 0.336 e. The van der Waals surface area contributed by atoms with Crippen LogP contribution in [-0.4, -0.2) is 57.7 Å². The lowest BCUT2D eigenvalue weighted by molar-refractivity contribution is -0.277. The maximum absolute atomic E-state index is 11.5. The third kappa shape index (κ3) is 3.37. The quantitative estimate of drug-likeness (QED) is 0.551. The van der Waals surface area contributed by atoms with E-state index in [1.54, 1.807) is 6.92 Å². The zero-order valence-electron chi connectivity index (χ0n) is 13.1. The molecule has 0 saturated carbocycles. The van der Waals surface area contributed by atoms with Crippen molar-refractivity contribution in [1.82, 2.24) is 0 Å². The van der Waals surface area contributed by atoms with E-state index in [4.69, 9.17) is 25.5 Å². The van der Waals surface area contributed by atoms with Crippen molar-refractivity contribution in [2.24, 2.45) is 0 Å². The van der Waals surface area contributed by atoms with Crippen molar-refractivity contribution in [2.75, 3.05) is 6.61 Å². The molecule has 1 aliphatic rings. The predicted octanol–water partition coefficient (Wildman–Crippen LogP) is -0.0665. The van der Waals surface area contributed by atoms with Crippen LogP contribution >= 0.6 is 11.6 Å². The van der Waals surface area contributed by atoms with E-state index in [9.17, 15) is 25.2 Å². The first kappa shape index (κ1) is 18.1. The van der Waals surface area contributed by atoms with E-state index >= 15 is 0 Å². The fraction of sp³-hybridized carbons (Fsp3) is 0.438. The van der Waals surface area contributed by atoms with Gasteiger partial charge in [-0.2, -0.15) is 0 Å². The number of hydrogen-bond acceptors (Lipinski definition) is 8. The minimum atomic E-state index is -1.57. The number of aliphatic hydroxyl groups is 4. The predicted molar refractivity (Wildman–Crippen MR) is 86.6 cm³/mol. The summed E-state index contributed by atoms with van der Waals surface area (Å²) in [7, 11) is 0. The van der Waals surface area contributed by atoms with Crippen LogP contribution in [0, 0.1) is 6.92 Å². The van der Waals surface area contributed by atoms with Gasteiger partial charge in [0.05, 0.1) is 11.6 Å². The molecule has 9 heteroatoms. The molecule has 0 spiro atoms. The summed E-state index contributed by atoms with van der Waals surface area (Å²) in [6.45, 7) is 1.15. The summed E-state index contributed by atoms with van der Waals surface area (Å²) < 4.78 is 15.9. The maximum Gasteiger partial charge on any atom is 0.336 e. The minimum absolute atomic E-state index is 0.0484. The van der Waals surface area contributed by atoms with Gasteiger partial charge in [-0.25, -0.2) is 4.79 Å². The zero-order valence-corrected chi connectivity index (χ0v) is 13.9. The second-order valence-electron chi connectivity index (χ2n) is 5.84. The first-order valence-corrected chi connectivity index (χ1v) is 7.91. The van der Waals surface area contributed by atoms with Gasteiger partial charge in [-0.1, -0.05) is 11.6 Å². The van der Waals surface area contributed by atoms with E-state index in [2.05, 4.69) is 0 Å². The molecule has 25 heavy (non-hydrogen) atoms. The van der Waals surface area contributed by atoms with Crippen molar-refractivity contribution in [3.8, 4) is 5.75 Å². The van der Waals surface area contributed by atoms with E-state index in [1.165, 1.54) is 18.2 Å². The fourth-order valence-electron chi connectivity index (χ4n) is 2.70. The molecular weight excluding hydrogens is 356 g/mol. The highest BCUT2D eigenvalue weighted by atomic mass is 35.5. The van der Waals surface area contributed by atoms with Gasteiger partial charge in [-0.15, -0.1) is 0 Å². The van der Waals surface area contributed by atoms with Crippen molar-refractivity contribution in [3.05, 3.63) is 39.2 Å². The third-order valence-corrected chi connectivity index (χ3v) is 4.39. The highest BCUT2D eigenvalue weighted by Gasteiger charge is 2.44. The van der Waals surface area contributed by atoms with Crippen LogP contribution < -0.4 is 10.4 Å². The van der Waals surface area contributed by atoms with Crippen molar-refractivity contribution < 1.29 is 34.3 Å². The molecule has 0 bridgehead atoms. The average Bonchev–Trinajstić information content (AvgIpc) is 2.56. The lowest BCUT2D eigenvalue weighted by atomic mass is 9.99. The number of halogens is 1. The van der Waals surface area contributed by atoms with E-state index in [0.717, 1.165) is 0 Å². The molecule has 4 N–H and O–H groups in total. The van der Waals surface area contributed by atoms with Gasteiger partial charge in [0.1, 0.15) is 35.7 Å². The lowest BCUT2D eigenvalue weighted by Gasteiger charge is -2.39. The number of aryl methyl sites for hydroxylation is 1. The maximum atomic E-state index is 11.5. The van der Waals surface area contributed by atoms with Crippen LogP contribution in [0.1, 0.15) is 5.56 Å². The normalized spacial score (nSPS) is 29.8. The van der Waals surface area contributed by atoms with Gasteiger partial charge in [0.25, 0.3) is 0 Å². The Kier molecular flexibility index (Phi) is 5.01. The summed E-state index contributed by atoms with van der Waals surface area (Å²) in [6.07, 6.45) is -7.14. The Hall–Kier alpha value is -1.68. The van der Waals surface area contributed by atoms with Gasteiger partial charge in [-0.05, 0) is 18.6 Å². The van der Waals surface area contributed by atoms with Crippen LogP contribution in [0.25, 0.3) is 11.0 Å².